The van der Waals surface area contributed by atoms with Gasteiger partial charge in [-0.1, -0.05) is 18.2 Å². The molecule has 2 aromatic heterocycles. The van der Waals surface area contributed by atoms with Gasteiger partial charge in [-0.15, -0.1) is 10.2 Å². The molecule has 0 atom stereocenters. The summed E-state index contributed by atoms with van der Waals surface area (Å²) >= 11 is 0. The molecule has 2 aromatic carbocycles. The van der Waals surface area contributed by atoms with Crippen LogP contribution >= 0.6 is 0 Å². The molecule has 0 saturated carbocycles. The van der Waals surface area contributed by atoms with E-state index in [2.05, 4.69) is 10.2 Å². The van der Waals surface area contributed by atoms with Crippen LogP contribution in [0.15, 0.2) is 65.1 Å². The van der Waals surface area contributed by atoms with Crippen molar-refractivity contribution in [1.82, 2.24) is 15.0 Å². The van der Waals surface area contributed by atoms with Crippen LogP contribution in [-0.4, -0.2) is 21.3 Å². The normalized spacial score (nSPS) is 10.9. The number of aromatic nitrogens is 3. The van der Waals surface area contributed by atoms with Crippen molar-refractivity contribution in [1.29, 1.82) is 0 Å². The van der Waals surface area contributed by atoms with Gasteiger partial charge in [0.25, 0.3) is 0 Å². The zero-order chi connectivity index (χ0) is 14.9. The van der Waals surface area contributed by atoms with Crippen molar-refractivity contribution in [2.45, 2.75) is 0 Å². The van der Waals surface area contributed by atoms with Crippen LogP contribution in [0.2, 0.25) is 0 Å². The number of fused-ring (bicyclic) bond motifs is 1. The molecule has 22 heavy (non-hydrogen) atoms. The van der Waals surface area contributed by atoms with Crippen LogP contribution in [0.5, 0.6) is 0 Å². The number of hydrogen-bond donors (Lipinski definition) is 0. The summed E-state index contributed by atoms with van der Waals surface area (Å²) in [5.74, 6) is 0.946. The van der Waals surface area contributed by atoms with Gasteiger partial charge in [0, 0.05) is 5.56 Å². The van der Waals surface area contributed by atoms with E-state index in [0.29, 0.717) is 17.8 Å². The van der Waals surface area contributed by atoms with Crippen molar-refractivity contribution >= 4 is 17.3 Å². The number of furan rings is 1. The quantitative estimate of drug-likeness (QED) is 0.542. The van der Waals surface area contributed by atoms with Gasteiger partial charge in [0.1, 0.15) is 16.8 Å². The SMILES string of the molecule is O=Cc1ccc(-c2ccc3nn(-c4ccccc4)nc3c2)o1. The summed E-state index contributed by atoms with van der Waals surface area (Å²) in [6, 6.07) is 18.8. The highest BCUT2D eigenvalue weighted by Gasteiger charge is 2.09. The fourth-order valence-corrected chi connectivity index (χ4v) is 2.32. The predicted octanol–water partition coefficient (Wildman–Crippen LogP) is 3.49. The smallest absolute Gasteiger partial charge is 0.185 e. The number of hydrogen-bond acceptors (Lipinski definition) is 4. The van der Waals surface area contributed by atoms with Gasteiger partial charge in [-0.05, 0) is 42.5 Å². The highest BCUT2D eigenvalue weighted by Crippen LogP contribution is 2.24. The van der Waals surface area contributed by atoms with Crippen LogP contribution in [0.25, 0.3) is 28.0 Å². The summed E-state index contributed by atoms with van der Waals surface area (Å²) < 4.78 is 5.44. The van der Waals surface area contributed by atoms with Crippen LogP contribution in [0.4, 0.5) is 0 Å². The molecule has 0 N–H and O–H groups in total. The maximum atomic E-state index is 10.7. The summed E-state index contributed by atoms with van der Waals surface area (Å²) in [7, 11) is 0. The third kappa shape index (κ3) is 2.09. The molecular weight excluding hydrogens is 278 g/mol. The average molecular weight is 289 g/mol. The van der Waals surface area contributed by atoms with E-state index < -0.39 is 0 Å². The van der Waals surface area contributed by atoms with Crippen molar-refractivity contribution in [2.24, 2.45) is 0 Å². The third-order valence-corrected chi connectivity index (χ3v) is 3.39. The Balaban J connectivity index is 1.79. The molecule has 0 aliphatic carbocycles. The number of nitrogens with zero attached hydrogens (tertiary/aromatic N) is 3. The van der Waals surface area contributed by atoms with E-state index >= 15 is 0 Å². The van der Waals surface area contributed by atoms with Crippen molar-refractivity contribution in [3.05, 3.63) is 66.4 Å². The topological polar surface area (TPSA) is 60.9 Å². The van der Waals surface area contributed by atoms with Gasteiger partial charge >= 0.3 is 0 Å². The Morgan fingerprint density at radius 3 is 2.50 bits per heavy atom. The molecule has 0 spiro atoms. The van der Waals surface area contributed by atoms with E-state index in [1.807, 2.05) is 48.5 Å². The largest absolute Gasteiger partial charge is 0.453 e. The minimum Gasteiger partial charge on any atom is -0.453 e. The zero-order valence-corrected chi connectivity index (χ0v) is 11.5. The summed E-state index contributed by atoms with van der Waals surface area (Å²) in [6.45, 7) is 0. The second-order valence-corrected chi connectivity index (χ2v) is 4.85. The lowest BCUT2D eigenvalue weighted by Gasteiger charge is -1.96. The molecule has 5 heteroatoms. The van der Waals surface area contributed by atoms with E-state index in [1.165, 1.54) is 0 Å². The molecule has 5 nitrogen and oxygen atoms in total. The minimum atomic E-state index is 0.308. The Morgan fingerprint density at radius 1 is 0.909 bits per heavy atom. The van der Waals surface area contributed by atoms with E-state index in [1.54, 1.807) is 16.9 Å². The number of benzene rings is 2. The van der Waals surface area contributed by atoms with Crippen LogP contribution in [0.3, 0.4) is 0 Å². The van der Waals surface area contributed by atoms with Crippen molar-refractivity contribution in [3.63, 3.8) is 0 Å². The Hall–Kier alpha value is -3.21. The molecule has 106 valence electrons. The Bertz CT molecular complexity index is 954. The van der Waals surface area contributed by atoms with E-state index in [0.717, 1.165) is 22.3 Å². The first-order chi connectivity index (χ1) is 10.8. The van der Waals surface area contributed by atoms with E-state index in [9.17, 15) is 4.79 Å². The number of rotatable bonds is 3. The monoisotopic (exact) mass is 289 g/mol. The second-order valence-electron chi connectivity index (χ2n) is 4.85. The van der Waals surface area contributed by atoms with Crippen molar-refractivity contribution in [2.75, 3.05) is 0 Å². The standard InChI is InChI=1S/C17H11N3O2/c21-11-14-7-9-17(22-14)12-6-8-15-16(10-12)19-20(18-15)13-4-2-1-3-5-13/h1-11H. The molecule has 4 aromatic rings. The van der Waals surface area contributed by atoms with Gasteiger partial charge in [0.05, 0.1) is 5.69 Å². The molecule has 0 bridgehead atoms. The van der Waals surface area contributed by atoms with Crippen LogP contribution in [0.1, 0.15) is 10.6 Å². The Morgan fingerprint density at radius 2 is 1.73 bits per heavy atom. The molecule has 0 fully saturated rings. The highest BCUT2D eigenvalue weighted by molar-refractivity contribution is 5.81. The molecule has 4 rings (SSSR count). The third-order valence-electron chi connectivity index (χ3n) is 3.39. The first kappa shape index (κ1) is 12.5. The van der Waals surface area contributed by atoms with E-state index in [-0.39, 0.29) is 0 Å². The maximum Gasteiger partial charge on any atom is 0.185 e. The molecule has 0 aliphatic heterocycles. The fourth-order valence-electron chi connectivity index (χ4n) is 2.32. The summed E-state index contributed by atoms with van der Waals surface area (Å²) in [5, 5.41) is 8.95. The highest BCUT2D eigenvalue weighted by atomic mass is 16.3. The average Bonchev–Trinajstić information content (AvgIpc) is 3.21. The minimum absolute atomic E-state index is 0.308. The predicted molar refractivity (Wildman–Crippen MR) is 82.0 cm³/mol. The van der Waals surface area contributed by atoms with Crippen molar-refractivity contribution < 1.29 is 9.21 Å². The van der Waals surface area contributed by atoms with Crippen LogP contribution in [-0.2, 0) is 0 Å². The second kappa shape index (κ2) is 4.96. The summed E-state index contributed by atoms with van der Waals surface area (Å²) in [6.07, 6.45) is 0.688. The van der Waals surface area contributed by atoms with Crippen LogP contribution in [0, 0.1) is 0 Å². The first-order valence-corrected chi connectivity index (χ1v) is 6.81. The molecule has 0 amide bonds. The number of aldehydes is 1. The molecule has 0 radical (unpaired) electrons. The van der Waals surface area contributed by atoms with Gasteiger partial charge in [-0.25, -0.2) is 0 Å². The molecule has 0 unspecified atom stereocenters. The summed E-state index contributed by atoms with van der Waals surface area (Å²) in [4.78, 5) is 12.3. The van der Waals surface area contributed by atoms with E-state index in [4.69, 9.17) is 4.42 Å². The Labute approximate surface area is 125 Å². The fraction of sp³-hybridized carbons (Fsp3) is 0. The summed E-state index contributed by atoms with van der Waals surface area (Å²) in [5.41, 5.74) is 3.34. The van der Waals surface area contributed by atoms with Gasteiger partial charge in [-0.3, -0.25) is 4.79 Å². The zero-order valence-electron chi connectivity index (χ0n) is 11.5. The lowest BCUT2D eigenvalue weighted by Crippen LogP contribution is -1.97. The van der Waals surface area contributed by atoms with Gasteiger partial charge in [-0.2, -0.15) is 4.80 Å². The Kier molecular flexibility index (Phi) is 2.83. The lowest BCUT2D eigenvalue weighted by atomic mass is 10.1. The molecular formula is C17H11N3O2. The number of carbonyl (C=O) groups is 1. The lowest BCUT2D eigenvalue weighted by molar-refractivity contribution is 0.110. The van der Waals surface area contributed by atoms with Gasteiger partial charge < -0.3 is 4.42 Å². The van der Waals surface area contributed by atoms with Crippen LogP contribution < -0.4 is 0 Å². The van der Waals surface area contributed by atoms with Gasteiger partial charge in [0.15, 0.2) is 12.0 Å². The first-order valence-electron chi connectivity index (χ1n) is 6.81. The number of carbonyl (C=O) groups excluding carboxylic acids is 1. The van der Waals surface area contributed by atoms with Gasteiger partial charge in [0.2, 0.25) is 0 Å². The molecule has 2 heterocycles. The molecule has 0 saturated heterocycles. The maximum absolute atomic E-state index is 10.7. The molecule has 0 aliphatic rings. The van der Waals surface area contributed by atoms with Crippen molar-refractivity contribution in [3.8, 4) is 17.0 Å². The number of para-hydroxylation sites is 1.